The smallest absolute Gasteiger partial charge is 0.338 e. The summed E-state index contributed by atoms with van der Waals surface area (Å²) in [7, 11) is 1.37. The van der Waals surface area contributed by atoms with Crippen LogP contribution in [0.1, 0.15) is 21.7 Å². The summed E-state index contributed by atoms with van der Waals surface area (Å²) in [5.74, 6) is 0.361. The standard InChI is InChI=1S/C12H12BrN3O2S/c1-18-11(17)9-4-3-8(13)5-7(9)6-10-14-12(19-2)16-15-10/h3-5H,6H2,1-2H3,(H,14,15,16). The fourth-order valence-corrected chi connectivity index (χ4v) is 2.39. The van der Waals surface area contributed by atoms with Gasteiger partial charge in [0.05, 0.1) is 12.7 Å². The molecule has 0 aliphatic heterocycles. The SMILES string of the molecule is COC(=O)c1ccc(Br)cc1Cc1nc(SC)n[nH]1. The van der Waals surface area contributed by atoms with Crippen molar-refractivity contribution in [3.63, 3.8) is 0 Å². The molecule has 0 spiro atoms. The number of rotatable bonds is 4. The average molecular weight is 342 g/mol. The number of benzene rings is 1. The first-order chi connectivity index (χ1) is 9.13. The zero-order valence-corrected chi connectivity index (χ0v) is 12.8. The minimum absolute atomic E-state index is 0.355. The molecule has 1 heterocycles. The van der Waals surface area contributed by atoms with Crippen LogP contribution in [0.3, 0.4) is 0 Å². The Morgan fingerprint density at radius 1 is 1.53 bits per heavy atom. The van der Waals surface area contributed by atoms with Gasteiger partial charge in [-0.25, -0.2) is 9.78 Å². The van der Waals surface area contributed by atoms with Crippen LogP contribution in [0.5, 0.6) is 0 Å². The maximum absolute atomic E-state index is 11.7. The number of thioether (sulfide) groups is 1. The van der Waals surface area contributed by atoms with E-state index >= 15 is 0 Å². The number of nitrogens with one attached hydrogen (secondary N) is 1. The molecule has 2 rings (SSSR count). The van der Waals surface area contributed by atoms with E-state index in [1.165, 1.54) is 18.9 Å². The second-order valence-corrected chi connectivity index (χ2v) is 5.43. The van der Waals surface area contributed by atoms with Crippen molar-refractivity contribution in [3.05, 3.63) is 39.6 Å². The maximum atomic E-state index is 11.7. The first-order valence-electron chi connectivity index (χ1n) is 5.46. The minimum atomic E-state index is -0.355. The van der Waals surface area contributed by atoms with Gasteiger partial charge in [0.2, 0.25) is 5.16 Å². The summed E-state index contributed by atoms with van der Waals surface area (Å²) < 4.78 is 5.68. The summed E-state index contributed by atoms with van der Waals surface area (Å²) in [6.07, 6.45) is 2.41. The lowest BCUT2D eigenvalue weighted by molar-refractivity contribution is 0.0599. The lowest BCUT2D eigenvalue weighted by atomic mass is 10.0. The molecule has 2 aromatic rings. The van der Waals surface area contributed by atoms with Crippen molar-refractivity contribution in [2.75, 3.05) is 13.4 Å². The van der Waals surface area contributed by atoms with E-state index < -0.39 is 0 Å². The molecule has 1 aromatic carbocycles. The Kier molecular flexibility index (Phi) is 4.60. The Bertz CT molecular complexity index is 600. The van der Waals surface area contributed by atoms with Gasteiger partial charge in [0, 0.05) is 10.9 Å². The largest absolute Gasteiger partial charge is 0.465 e. The van der Waals surface area contributed by atoms with Crippen LogP contribution in [0.2, 0.25) is 0 Å². The number of aromatic nitrogens is 3. The molecule has 0 saturated carbocycles. The Hall–Kier alpha value is -1.34. The molecule has 0 amide bonds. The molecule has 5 nitrogen and oxygen atoms in total. The number of methoxy groups -OCH3 is 1. The van der Waals surface area contributed by atoms with Gasteiger partial charge in [0.1, 0.15) is 5.82 Å². The minimum Gasteiger partial charge on any atom is -0.465 e. The summed E-state index contributed by atoms with van der Waals surface area (Å²) in [6.45, 7) is 0. The predicted octanol–water partition coefficient (Wildman–Crippen LogP) is 2.67. The van der Waals surface area contributed by atoms with E-state index in [1.807, 2.05) is 18.4 Å². The highest BCUT2D eigenvalue weighted by Crippen LogP contribution is 2.20. The van der Waals surface area contributed by atoms with E-state index in [2.05, 4.69) is 31.1 Å². The van der Waals surface area contributed by atoms with Gasteiger partial charge in [-0.3, -0.25) is 5.10 Å². The van der Waals surface area contributed by atoms with Crippen molar-refractivity contribution in [1.29, 1.82) is 0 Å². The van der Waals surface area contributed by atoms with Crippen LogP contribution in [0.4, 0.5) is 0 Å². The van der Waals surface area contributed by atoms with Gasteiger partial charge in [0.15, 0.2) is 0 Å². The Balaban J connectivity index is 2.32. The van der Waals surface area contributed by atoms with E-state index in [0.29, 0.717) is 23.0 Å². The first-order valence-corrected chi connectivity index (χ1v) is 7.48. The molecule has 0 bridgehead atoms. The number of halogens is 1. The molecule has 0 atom stereocenters. The van der Waals surface area contributed by atoms with Crippen LogP contribution < -0.4 is 0 Å². The Morgan fingerprint density at radius 2 is 2.32 bits per heavy atom. The molecule has 0 aliphatic carbocycles. The first kappa shape index (κ1) is 14.1. The summed E-state index contributed by atoms with van der Waals surface area (Å²) in [6, 6.07) is 5.42. The quantitative estimate of drug-likeness (QED) is 0.683. The molecule has 0 aliphatic rings. The lowest BCUT2D eigenvalue weighted by Crippen LogP contribution is -2.06. The molecule has 1 aromatic heterocycles. The van der Waals surface area contributed by atoms with Crippen molar-refractivity contribution in [1.82, 2.24) is 15.2 Å². The highest BCUT2D eigenvalue weighted by atomic mass is 79.9. The molecule has 0 fully saturated rings. The number of nitrogens with zero attached hydrogens (tertiary/aromatic N) is 2. The summed E-state index contributed by atoms with van der Waals surface area (Å²) in [4.78, 5) is 16.0. The second-order valence-electron chi connectivity index (χ2n) is 3.74. The molecular weight excluding hydrogens is 330 g/mol. The van der Waals surface area contributed by atoms with Crippen LogP contribution in [0, 0.1) is 0 Å². The van der Waals surface area contributed by atoms with Gasteiger partial charge in [-0.05, 0) is 30.0 Å². The number of aromatic amines is 1. The average Bonchev–Trinajstić information content (AvgIpc) is 2.86. The zero-order valence-electron chi connectivity index (χ0n) is 10.4. The number of hydrogen-bond donors (Lipinski definition) is 1. The Morgan fingerprint density at radius 3 is 2.95 bits per heavy atom. The fourth-order valence-electron chi connectivity index (χ4n) is 1.65. The fraction of sp³-hybridized carbons (Fsp3) is 0.250. The third-order valence-electron chi connectivity index (χ3n) is 2.52. The number of esters is 1. The normalized spacial score (nSPS) is 10.5. The lowest BCUT2D eigenvalue weighted by Gasteiger charge is -2.07. The number of ether oxygens (including phenoxy) is 1. The van der Waals surface area contributed by atoms with Gasteiger partial charge < -0.3 is 4.74 Å². The molecule has 0 saturated heterocycles. The molecular formula is C12H12BrN3O2S. The van der Waals surface area contributed by atoms with Crippen LogP contribution in [0.15, 0.2) is 27.8 Å². The number of hydrogen-bond acceptors (Lipinski definition) is 5. The molecule has 7 heteroatoms. The number of H-pyrrole nitrogens is 1. The third kappa shape index (κ3) is 3.36. The van der Waals surface area contributed by atoms with Crippen LogP contribution in [-0.4, -0.2) is 34.5 Å². The highest BCUT2D eigenvalue weighted by molar-refractivity contribution is 9.10. The van der Waals surface area contributed by atoms with Crippen LogP contribution >= 0.6 is 27.7 Å². The van der Waals surface area contributed by atoms with E-state index in [-0.39, 0.29) is 5.97 Å². The molecule has 0 unspecified atom stereocenters. The maximum Gasteiger partial charge on any atom is 0.338 e. The van der Waals surface area contributed by atoms with Gasteiger partial charge >= 0.3 is 5.97 Å². The van der Waals surface area contributed by atoms with E-state index in [9.17, 15) is 4.79 Å². The molecule has 100 valence electrons. The zero-order chi connectivity index (χ0) is 13.8. The van der Waals surface area contributed by atoms with Crippen LogP contribution in [-0.2, 0) is 11.2 Å². The topological polar surface area (TPSA) is 67.9 Å². The van der Waals surface area contributed by atoms with Crippen molar-refractivity contribution < 1.29 is 9.53 Å². The van der Waals surface area contributed by atoms with E-state index in [4.69, 9.17) is 4.74 Å². The molecule has 1 N–H and O–H groups in total. The van der Waals surface area contributed by atoms with Crippen LogP contribution in [0.25, 0.3) is 0 Å². The number of carbonyl (C=O) groups excluding carboxylic acids is 1. The Labute approximate surface area is 123 Å². The second kappa shape index (κ2) is 6.21. The predicted molar refractivity (Wildman–Crippen MR) is 76.5 cm³/mol. The number of carbonyl (C=O) groups is 1. The third-order valence-corrected chi connectivity index (χ3v) is 3.57. The molecule has 19 heavy (non-hydrogen) atoms. The van der Waals surface area contributed by atoms with Crippen molar-refractivity contribution >= 4 is 33.7 Å². The monoisotopic (exact) mass is 341 g/mol. The van der Waals surface area contributed by atoms with E-state index in [0.717, 1.165) is 10.0 Å². The van der Waals surface area contributed by atoms with E-state index in [1.54, 1.807) is 6.07 Å². The van der Waals surface area contributed by atoms with Crippen molar-refractivity contribution in [2.24, 2.45) is 0 Å². The molecule has 0 radical (unpaired) electrons. The highest BCUT2D eigenvalue weighted by Gasteiger charge is 2.14. The summed E-state index contributed by atoms with van der Waals surface area (Å²) >= 11 is 4.86. The summed E-state index contributed by atoms with van der Waals surface area (Å²) in [5.41, 5.74) is 1.37. The van der Waals surface area contributed by atoms with Gasteiger partial charge in [-0.1, -0.05) is 27.7 Å². The van der Waals surface area contributed by atoms with Gasteiger partial charge in [-0.2, -0.15) is 0 Å². The van der Waals surface area contributed by atoms with Gasteiger partial charge in [0.25, 0.3) is 0 Å². The van der Waals surface area contributed by atoms with Crippen molar-refractivity contribution in [3.8, 4) is 0 Å². The van der Waals surface area contributed by atoms with Gasteiger partial charge in [-0.15, -0.1) is 5.10 Å². The van der Waals surface area contributed by atoms with Crippen molar-refractivity contribution in [2.45, 2.75) is 11.6 Å². The summed E-state index contributed by atoms with van der Waals surface area (Å²) in [5, 5.41) is 7.59.